The van der Waals surface area contributed by atoms with Crippen molar-refractivity contribution in [3.05, 3.63) is 22.5 Å². The molecule has 6 nitrogen and oxygen atoms in total. The summed E-state index contributed by atoms with van der Waals surface area (Å²) in [4.78, 5) is 13.9. The van der Waals surface area contributed by atoms with Gasteiger partial charge in [-0.25, -0.2) is 4.68 Å². The molecule has 0 spiro atoms. The van der Waals surface area contributed by atoms with Gasteiger partial charge in [0, 0.05) is 44.9 Å². The normalized spacial score (nSPS) is 17.0. The lowest BCUT2D eigenvalue weighted by molar-refractivity contribution is 0.226. The lowest BCUT2D eigenvalue weighted by Gasteiger charge is -2.26. The summed E-state index contributed by atoms with van der Waals surface area (Å²) in [5.41, 5.74) is -0.0825. The highest BCUT2D eigenvalue weighted by atomic mass is 16.5. The van der Waals surface area contributed by atoms with E-state index in [0.717, 1.165) is 32.7 Å². The van der Waals surface area contributed by atoms with E-state index >= 15 is 0 Å². The fourth-order valence-electron chi connectivity index (χ4n) is 1.87. The van der Waals surface area contributed by atoms with Crippen molar-refractivity contribution in [2.45, 2.75) is 6.54 Å². The van der Waals surface area contributed by atoms with Crippen LogP contribution in [0.3, 0.4) is 0 Å². The van der Waals surface area contributed by atoms with Crippen LogP contribution in [0.2, 0.25) is 0 Å². The first kappa shape index (κ1) is 12.1. The first-order valence-corrected chi connectivity index (χ1v) is 5.85. The molecule has 0 saturated carbocycles. The van der Waals surface area contributed by atoms with E-state index in [2.05, 4.69) is 15.3 Å². The molecule has 1 aromatic rings. The third-order valence-corrected chi connectivity index (χ3v) is 2.89. The molecule has 17 heavy (non-hydrogen) atoms. The average Bonchev–Trinajstić information content (AvgIpc) is 2.39. The van der Waals surface area contributed by atoms with Gasteiger partial charge in [0.05, 0.1) is 13.7 Å². The van der Waals surface area contributed by atoms with Gasteiger partial charge in [-0.3, -0.25) is 9.69 Å². The van der Waals surface area contributed by atoms with Gasteiger partial charge in [-0.15, -0.1) is 5.10 Å². The lowest BCUT2D eigenvalue weighted by Crippen LogP contribution is -2.45. The molecule has 0 atom stereocenters. The summed E-state index contributed by atoms with van der Waals surface area (Å²) in [5, 5.41) is 7.41. The molecule has 1 aliphatic heterocycles. The second-order valence-corrected chi connectivity index (χ2v) is 4.03. The molecular formula is C11H18N4O2. The molecule has 6 heteroatoms. The number of ether oxygens (including phenoxy) is 1. The summed E-state index contributed by atoms with van der Waals surface area (Å²) in [5.74, 6) is 0.477. The first-order valence-electron chi connectivity index (χ1n) is 5.85. The van der Waals surface area contributed by atoms with Crippen molar-refractivity contribution in [1.29, 1.82) is 0 Å². The van der Waals surface area contributed by atoms with Crippen LogP contribution in [0.15, 0.2) is 16.9 Å². The lowest BCUT2D eigenvalue weighted by atomic mass is 10.3. The zero-order chi connectivity index (χ0) is 12.1. The molecular weight excluding hydrogens is 220 g/mol. The Morgan fingerprint density at radius 1 is 1.35 bits per heavy atom. The van der Waals surface area contributed by atoms with Crippen molar-refractivity contribution < 1.29 is 4.74 Å². The van der Waals surface area contributed by atoms with Crippen LogP contribution in [0.1, 0.15) is 0 Å². The zero-order valence-corrected chi connectivity index (χ0v) is 10.1. The molecule has 1 saturated heterocycles. The standard InChI is InChI=1S/C11H18N4O2/c1-17-10-2-3-11(16)15(13-10)9-8-14-6-4-12-5-7-14/h2-3,12H,4-9H2,1H3. The van der Waals surface area contributed by atoms with Gasteiger partial charge in [0.1, 0.15) is 0 Å². The Labute approximate surface area is 100 Å². The average molecular weight is 238 g/mol. The van der Waals surface area contributed by atoms with E-state index < -0.39 is 0 Å². The number of aromatic nitrogens is 2. The first-order chi connectivity index (χ1) is 8.29. The van der Waals surface area contributed by atoms with Gasteiger partial charge in [-0.05, 0) is 0 Å². The van der Waals surface area contributed by atoms with E-state index in [1.807, 2.05) is 0 Å². The summed E-state index contributed by atoms with van der Waals surface area (Å²) < 4.78 is 6.47. The minimum atomic E-state index is -0.0825. The van der Waals surface area contributed by atoms with Crippen molar-refractivity contribution in [1.82, 2.24) is 20.0 Å². The van der Waals surface area contributed by atoms with E-state index in [1.165, 1.54) is 10.7 Å². The Morgan fingerprint density at radius 3 is 2.82 bits per heavy atom. The van der Waals surface area contributed by atoms with E-state index in [9.17, 15) is 4.79 Å². The van der Waals surface area contributed by atoms with Gasteiger partial charge in [-0.1, -0.05) is 0 Å². The zero-order valence-electron chi connectivity index (χ0n) is 10.1. The molecule has 94 valence electrons. The van der Waals surface area contributed by atoms with Gasteiger partial charge in [-0.2, -0.15) is 0 Å². The van der Waals surface area contributed by atoms with Crippen molar-refractivity contribution in [2.75, 3.05) is 39.8 Å². The Balaban J connectivity index is 1.95. The van der Waals surface area contributed by atoms with E-state index in [0.29, 0.717) is 12.4 Å². The molecule has 0 radical (unpaired) electrons. The molecule has 2 rings (SSSR count). The Bertz CT molecular complexity index is 412. The third kappa shape index (κ3) is 3.28. The predicted octanol–water partition coefficient (Wildman–Crippen LogP) is -0.843. The van der Waals surface area contributed by atoms with Gasteiger partial charge >= 0.3 is 0 Å². The molecule has 0 unspecified atom stereocenters. The van der Waals surface area contributed by atoms with Gasteiger partial charge in [0.2, 0.25) is 5.88 Å². The largest absolute Gasteiger partial charge is 0.480 e. The van der Waals surface area contributed by atoms with Crippen molar-refractivity contribution in [2.24, 2.45) is 0 Å². The quantitative estimate of drug-likeness (QED) is 0.741. The number of nitrogens with zero attached hydrogens (tertiary/aromatic N) is 3. The molecule has 0 aromatic carbocycles. The highest BCUT2D eigenvalue weighted by Gasteiger charge is 2.09. The molecule has 0 aliphatic carbocycles. The number of methoxy groups -OCH3 is 1. The highest BCUT2D eigenvalue weighted by Crippen LogP contribution is 1.99. The van der Waals surface area contributed by atoms with Crippen LogP contribution in [-0.2, 0) is 6.54 Å². The van der Waals surface area contributed by atoms with Gasteiger partial charge in [0.15, 0.2) is 0 Å². The monoisotopic (exact) mass is 238 g/mol. The maximum absolute atomic E-state index is 11.6. The van der Waals surface area contributed by atoms with E-state index in [1.54, 1.807) is 13.2 Å². The molecule has 0 amide bonds. The summed E-state index contributed by atoms with van der Waals surface area (Å²) >= 11 is 0. The Kier molecular flexibility index (Phi) is 4.11. The fraction of sp³-hybridized carbons (Fsp3) is 0.636. The van der Waals surface area contributed by atoms with Crippen LogP contribution in [0, 0.1) is 0 Å². The van der Waals surface area contributed by atoms with Crippen LogP contribution < -0.4 is 15.6 Å². The summed E-state index contributed by atoms with van der Waals surface area (Å²) in [6.45, 7) is 5.54. The van der Waals surface area contributed by atoms with Gasteiger partial charge in [0.25, 0.3) is 5.56 Å². The maximum atomic E-state index is 11.6. The minimum Gasteiger partial charge on any atom is -0.480 e. The van der Waals surface area contributed by atoms with Crippen LogP contribution in [0.4, 0.5) is 0 Å². The molecule has 1 N–H and O–H groups in total. The topological polar surface area (TPSA) is 59.4 Å². The molecule has 1 fully saturated rings. The highest BCUT2D eigenvalue weighted by molar-refractivity contribution is 5.05. The van der Waals surface area contributed by atoms with Crippen LogP contribution >= 0.6 is 0 Å². The van der Waals surface area contributed by atoms with Crippen molar-refractivity contribution in [3.8, 4) is 5.88 Å². The van der Waals surface area contributed by atoms with E-state index in [4.69, 9.17) is 4.74 Å². The second-order valence-electron chi connectivity index (χ2n) is 4.03. The smallest absolute Gasteiger partial charge is 0.267 e. The Morgan fingerprint density at radius 2 is 2.12 bits per heavy atom. The number of piperazine rings is 1. The van der Waals surface area contributed by atoms with Crippen molar-refractivity contribution >= 4 is 0 Å². The fourth-order valence-corrected chi connectivity index (χ4v) is 1.87. The SMILES string of the molecule is COc1ccc(=O)n(CCN2CCNCC2)n1. The van der Waals surface area contributed by atoms with Crippen LogP contribution in [0.5, 0.6) is 5.88 Å². The van der Waals surface area contributed by atoms with Crippen molar-refractivity contribution in [3.63, 3.8) is 0 Å². The predicted molar refractivity (Wildman–Crippen MR) is 64.4 cm³/mol. The van der Waals surface area contributed by atoms with E-state index in [-0.39, 0.29) is 5.56 Å². The maximum Gasteiger partial charge on any atom is 0.267 e. The minimum absolute atomic E-state index is 0.0825. The number of rotatable bonds is 4. The van der Waals surface area contributed by atoms with Crippen LogP contribution in [-0.4, -0.2) is 54.5 Å². The number of hydrogen-bond acceptors (Lipinski definition) is 5. The molecule has 1 aliphatic rings. The number of hydrogen-bond donors (Lipinski definition) is 1. The molecule has 2 heterocycles. The molecule has 1 aromatic heterocycles. The number of nitrogens with one attached hydrogen (secondary N) is 1. The summed E-state index contributed by atoms with van der Waals surface area (Å²) in [6, 6.07) is 3.08. The summed E-state index contributed by atoms with van der Waals surface area (Å²) in [6.07, 6.45) is 0. The molecule has 0 bridgehead atoms. The Hall–Kier alpha value is -1.40. The third-order valence-electron chi connectivity index (χ3n) is 2.89. The van der Waals surface area contributed by atoms with Gasteiger partial charge < -0.3 is 10.1 Å². The summed E-state index contributed by atoms with van der Waals surface area (Å²) in [7, 11) is 1.55. The second kappa shape index (κ2) is 5.79. The van der Waals surface area contributed by atoms with Crippen LogP contribution in [0.25, 0.3) is 0 Å².